The van der Waals surface area contributed by atoms with E-state index in [-0.39, 0.29) is 24.3 Å². The predicted octanol–water partition coefficient (Wildman–Crippen LogP) is 1.61. The average molecular weight is 425 g/mol. The molecule has 0 spiro atoms. The molecule has 0 saturated heterocycles. The minimum Gasteiger partial charge on any atom is -0.458 e. The van der Waals surface area contributed by atoms with E-state index in [1.54, 1.807) is 0 Å². The number of carbonyl (C=O) groups excluding carboxylic acids is 1. The Morgan fingerprint density at radius 1 is 1.13 bits per heavy atom. The van der Waals surface area contributed by atoms with Gasteiger partial charge in [0, 0.05) is 25.0 Å². The lowest BCUT2D eigenvalue weighted by molar-refractivity contribution is -0.145. The molecule has 0 fully saturated rings. The number of carbonyl (C=O) groups is 1. The van der Waals surface area contributed by atoms with Crippen molar-refractivity contribution in [1.29, 1.82) is 0 Å². The minimum atomic E-state index is -0.532. The highest BCUT2D eigenvalue weighted by Gasteiger charge is 2.16. The fraction of sp³-hybridized carbons (Fsp3) is 0.250. The number of aryl methyl sites for hydroxylation is 2. The molecule has 4 aromatic rings. The summed E-state index contributed by atoms with van der Waals surface area (Å²) >= 11 is 1.48. The number of imidazole rings is 1. The SMILES string of the molecule is Cc1ccc(-c2nc(COC(=O)Cn3cnc4c3c(=O)n(C)c(=O)n4C)cs2)cc1. The Morgan fingerprint density at radius 2 is 1.87 bits per heavy atom. The van der Waals surface area contributed by atoms with Crippen LogP contribution in [-0.4, -0.2) is 29.6 Å². The fourth-order valence-electron chi connectivity index (χ4n) is 3.06. The van der Waals surface area contributed by atoms with E-state index in [0.717, 1.165) is 15.1 Å². The summed E-state index contributed by atoms with van der Waals surface area (Å²) in [7, 11) is 2.90. The number of fused-ring (bicyclic) bond motifs is 1. The number of ether oxygens (including phenoxy) is 1. The maximum absolute atomic E-state index is 12.4. The predicted molar refractivity (Wildman–Crippen MR) is 112 cm³/mol. The first-order chi connectivity index (χ1) is 14.3. The van der Waals surface area contributed by atoms with Crippen molar-refractivity contribution < 1.29 is 9.53 Å². The largest absolute Gasteiger partial charge is 0.458 e. The molecule has 30 heavy (non-hydrogen) atoms. The highest BCUT2D eigenvalue weighted by atomic mass is 32.1. The van der Waals surface area contributed by atoms with Crippen molar-refractivity contribution in [2.24, 2.45) is 14.1 Å². The molecule has 154 valence electrons. The summed E-state index contributed by atoms with van der Waals surface area (Å²) in [5.74, 6) is -0.532. The summed E-state index contributed by atoms with van der Waals surface area (Å²) in [6, 6.07) is 8.04. The van der Waals surface area contributed by atoms with Gasteiger partial charge in [0.05, 0.1) is 12.0 Å². The summed E-state index contributed by atoms with van der Waals surface area (Å²) in [6.07, 6.45) is 1.35. The van der Waals surface area contributed by atoms with Crippen LogP contribution in [0.1, 0.15) is 11.3 Å². The molecule has 0 N–H and O–H groups in total. The standard InChI is InChI=1S/C20H19N5O4S/c1-12-4-6-13(7-5-12)18-22-14(10-30-18)9-29-15(26)8-25-11-21-17-16(25)19(27)24(3)20(28)23(17)2/h4-7,10-11H,8-9H2,1-3H3. The summed E-state index contributed by atoms with van der Waals surface area (Å²) in [5, 5.41) is 2.70. The van der Waals surface area contributed by atoms with Crippen LogP contribution in [0.25, 0.3) is 21.7 Å². The third-order valence-corrected chi connectivity index (χ3v) is 5.69. The van der Waals surface area contributed by atoms with Gasteiger partial charge in [-0.3, -0.25) is 18.7 Å². The first-order valence-corrected chi connectivity index (χ1v) is 10.0. The monoisotopic (exact) mass is 425 g/mol. The fourth-order valence-corrected chi connectivity index (χ4v) is 3.87. The van der Waals surface area contributed by atoms with Gasteiger partial charge in [0.15, 0.2) is 11.2 Å². The van der Waals surface area contributed by atoms with Crippen LogP contribution in [0.15, 0.2) is 45.6 Å². The Labute approximate surface area is 174 Å². The number of hydrogen-bond acceptors (Lipinski definition) is 7. The van der Waals surface area contributed by atoms with Crippen molar-refractivity contribution >= 4 is 28.5 Å². The van der Waals surface area contributed by atoms with Crippen LogP contribution in [-0.2, 0) is 36.8 Å². The summed E-state index contributed by atoms with van der Waals surface area (Å²) in [6.45, 7) is 1.86. The lowest BCUT2D eigenvalue weighted by atomic mass is 10.2. The summed E-state index contributed by atoms with van der Waals surface area (Å²) in [5.41, 5.74) is 2.23. The molecule has 0 atom stereocenters. The van der Waals surface area contributed by atoms with E-state index in [1.165, 1.54) is 46.5 Å². The molecule has 0 radical (unpaired) electrons. The molecule has 0 unspecified atom stereocenters. The maximum atomic E-state index is 12.4. The second-order valence-corrected chi connectivity index (χ2v) is 7.78. The van der Waals surface area contributed by atoms with Crippen LogP contribution in [0.5, 0.6) is 0 Å². The van der Waals surface area contributed by atoms with Crippen LogP contribution in [0.2, 0.25) is 0 Å². The number of esters is 1. The number of hydrogen-bond donors (Lipinski definition) is 0. The molecular weight excluding hydrogens is 406 g/mol. The van der Waals surface area contributed by atoms with E-state index >= 15 is 0 Å². The van der Waals surface area contributed by atoms with E-state index < -0.39 is 17.2 Å². The number of benzene rings is 1. The minimum absolute atomic E-state index is 0.0321. The zero-order valence-corrected chi connectivity index (χ0v) is 17.5. The van der Waals surface area contributed by atoms with Crippen LogP contribution in [0.3, 0.4) is 0 Å². The Kier molecular flexibility index (Phi) is 5.08. The van der Waals surface area contributed by atoms with Gasteiger partial charge < -0.3 is 9.30 Å². The van der Waals surface area contributed by atoms with Gasteiger partial charge in [-0.15, -0.1) is 11.3 Å². The molecule has 0 bridgehead atoms. The maximum Gasteiger partial charge on any atom is 0.332 e. The first-order valence-electron chi connectivity index (χ1n) is 9.13. The van der Waals surface area contributed by atoms with E-state index in [9.17, 15) is 14.4 Å². The van der Waals surface area contributed by atoms with Crippen molar-refractivity contribution in [3.05, 3.63) is 68.1 Å². The smallest absolute Gasteiger partial charge is 0.332 e. The van der Waals surface area contributed by atoms with E-state index in [0.29, 0.717) is 5.69 Å². The third kappa shape index (κ3) is 3.57. The lowest BCUT2D eigenvalue weighted by Crippen LogP contribution is -2.37. The summed E-state index contributed by atoms with van der Waals surface area (Å²) in [4.78, 5) is 45.3. The molecule has 4 rings (SSSR count). The molecule has 3 aromatic heterocycles. The highest BCUT2D eigenvalue weighted by molar-refractivity contribution is 7.13. The Morgan fingerprint density at radius 3 is 2.60 bits per heavy atom. The molecule has 10 heteroatoms. The number of aromatic nitrogens is 5. The molecule has 9 nitrogen and oxygen atoms in total. The Bertz CT molecular complexity index is 1360. The zero-order chi connectivity index (χ0) is 21.4. The van der Waals surface area contributed by atoms with Crippen LogP contribution >= 0.6 is 11.3 Å². The van der Waals surface area contributed by atoms with Crippen molar-refractivity contribution in [2.75, 3.05) is 0 Å². The molecule has 0 aliphatic carbocycles. The van der Waals surface area contributed by atoms with Crippen molar-refractivity contribution in [3.8, 4) is 10.6 Å². The Hall–Kier alpha value is -3.53. The second kappa shape index (κ2) is 7.71. The molecule has 0 saturated carbocycles. The van der Waals surface area contributed by atoms with Gasteiger partial charge in [-0.1, -0.05) is 29.8 Å². The normalized spacial score (nSPS) is 11.2. The number of rotatable bonds is 5. The van der Waals surface area contributed by atoms with Gasteiger partial charge in [-0.25, -0.2) is 14.8 Å². The average Bonchev–Trinajstić information content (AvgIpc) is 3.37. The van der Waals surface area contributed by atoms with E-state index in [2.05, 4.69) is 9.97 Å². The molecule has 0 aliphatic rings. The van der Waals surface area contributed by atoms with E-state index in [1.807, 2.05) is 36.6 Å². The van der Waals surface area contributed by atoms with Gasteiger partial charge in [0.25, 0.3) is 5.56 Å². The van der Waals surface area contributed by atoms with Crippen molar-refractivity contribution in [3.63, 3.8) is 0 Å². The van der Waals surface area contributed by atoms with E-state index in [4.69, 9.17) is 4.74 Å². The first kappa shape index (κ1) is 19.8. The zero-order valence-electron chi connectivity index (χ0n) is 16.7. The van der Waals surface area contributed by atoms with Crippen LogP contribution < -0.4 is 11.2 Å². The van der Waals surface area contributed by atoms with Crippen molar-refractivity contribution in [1.82, 2.24) is 23.7 Å². The molecular formula is C20H19N5O4S. The lowest BCUT2D eigenvalue weighted by Gasteiger charge is -2.07. The Balaban J connectivity index is 1.47. The highest BCUT2D eigenvalue weighted by Crippen LogP contribution is 2.24. The van der Waals surface area contributed by atoms with Crippen LogP contribution in [0, 0.1) is 6.92 Å². The quantitative estimate of drug-likeness (QED) is 0.450. The van der Waals surface area contributed by atoms with Gasteiger partial charge in [-0.05, 0) is 6.92 Å². The number of thiazole rings is 1. The second-order valence-electron chi connectivity index (χ2n) is 6.92. The summed E-state index contributed by atoms with van der Waals surface area (Å²) < 4.78 is 8.95. The molecule has 1 aromatic carbocycles. The van der Waals surface area contributed by atoms with Crippen molar-refractivity contribution in [2.45, 2.75) is 20.1 Å². The van der Waals surface area contributed by atoms with Crippen LogP contribution in [0.4, 0.5) is 0 Å². The van der Waals surface area contributed by atoms with Gasteiger partial charge in [0.2, 0.25) is 0 Å². The third-order valence-electron chi connectivity index (χ3n) is 4.75. The van der Waals surface area contributed by atoms with Gasteiger partial charge >= 0.3 is 11.7 Å². The topological polar surface area (TPSA) is 101 Å². The molecule has 0 amide bonds. The van der Waals surface area contributed by atoms with Gasteiger partial charge in [-0.2, -0.15) is 0 Å². The molecule has 3 heterocycles. The molecule has 0 aliphatic heterocycles. The van der Waals surface area contributed by atoms with Gasteiger partial charge in [0.1, 0.15) is 18.2 Å². The number of nitrogens with zero attached hydrogens (tertiary/aromatic N) is 5.